The van der Waals surface area contributed by atoms with E-state index in [4.69, 9.17) is 10.5 Å². The van der Waals surface area contributed by atoms with E-state index in [-0.39, 0.29) is 18.1 Å². The predicted octanol–water partition coefficient (Wildman–Crippen LogP) is 1.66. The van der Waals surface area contributed by atoms with Crippen molar-refractivity contribution in [2.75, 3.05) is 11.4 Å². The third-order valence-electron chi connectivity index (χ3n) is 3.57. The van der Waals surface area contributed by atoms with Gasteiger partial charge in [0.25, 0.3) is 0 Å². The number of carbonyl (C=O) groups is 1. The van der Waals surface area contributed by atoms with Gasteiger partial charge in [0.15, 0.2) is 0 Å². The molecule has 0 aliphatic carbocycles. The Labute approximate surface area is 120 Å². The minimum absolute atomic E-state index is 0.155. The second kappa shape index (κ2) is 5.48. The van der Waals surface area contributed by atoms with Gasteiger partial charge in [-0.15, -0.1) is 0 Å². The highest BCUT2D eigenvalue weighted by Gasteiger charge is 2.39. The van der Waals surface area contributed by atoms with Crippen LogP contribution < -0.4 is 10.6 Å². The summed E-state index contributed by atoms with van der Waals surface area (Å²) < 4.78 is 7.52. The van der Waals surface area contributed by atoms with Gasteiger partial charge in [0.2, 0.25) is 0 Å². The van der Waals surface area contributed by atoms with Gasteiger partial charge in [-0.05, 0) is 39.7 Å². The average molecular weight is 279 g/mol. The van der Waals surface area contributed by atoms with Crippen molar-refractivity contribution in [2.24, 2.45) is 12.8 Å². The number of esters is 1. The summed E-state index contributed by atoms with van der Waals surface area (Å²) in [5.74, 6) is -0.155. The molecule has 0 saturated carbocycles. The van der Waals surface area contributed by atoms with Gasteiger partial charge in [0.05, 0.1) is 5.69 Å². The molecule has 5 heteroatoms. The Balaban J connectivity index is 2.21. The maximum atomic E-state index is 12.4. The van der Waals surface area contributed by atoms with Crippen LogP contribution in [-0.2, 0) is 16.6 Å². The fraction of sp³-hybridized carbons (Fsp3) is 0.667. The number of rotatable bonds is 3. The molecule has 20 heavy (non-hydrogen) atoms. The number of hydrogen-bond donors (Lipinski definition) is 1. The zero-order valence-corrected chi connectivity index (χ0v) is 12.8. The Bertz CT molecular complexity index is 476. The number of ether oxygens (including phenoxy) is 1. The molecule has 0 radical (unpaired) electrons. The van der Waals surface area contributed by atoms with Crippen LogP contribution in [0.1, 0.15) is 33.6 Å². The quantitative estimate of drug-likeness (QED) is 0.855. The second-order valence-electron chi connectivity index (χ2n) is 6.46. The fourth-order valence-corrected chi connectivity index (χ4v) is 2.75. The summed E-state index contributed by atoms with van der Waals surface area (Å²) in [6.45, 7) is 6.24. The van der Waals surface area contributed by atoms with Crippen molar-refractivity contribution < 1.29 is 9.53 Å². The lowest BCUT2D eigenvalue weighted by molar-refractivity contribution is -0.156. The first-order chi connectivity index (χ1) is 9.31. The molecular formula is C15H25N3O2. The largest absolute Gasteiger partial charge is 0.458 e. The second-order valence-corrected chi connectivity index (χ2v) is 6.46. The monoisotopic (exact) mass is 279 g/mol. The molecule has 0 aromatic carbocycles. The van der Waals surface area contributed by atoms with Crippen molar-refractivity contribution in [1.29, 1.82) is 0 Å². The third-order valence-corrected chi connectivity index (χ3v) is 3.57. The molecule has 1 aromatic rings. The SMILES string of the molecule is Cn1ccc(N2[C@@H](CN)CC[C@@H]2C(=O)OC(C)(C)C)c1. The number of anilines is 1. The minimum atomic E-state index is -0.458. The highest BCUT2D eigenvalue weighted by molar-refractivity contribution is 5.81. The zero-order chi connectivity index (χ0) is 14.9. The van der Waals surface area contributed by atoms with Crippen LogP contribution in [0.5, 0.6) is 0 Å². The Hall–Kier alpha value is -1.49. The van der Waals surface area contributed by atoms with Crippen LogP contribution in [0.2, 0.25) is 0 Å². The van der Waals surface area contributed by atoms with E-state index in [2.05, 4.69) is 4.90 Å². The van der Waals surface area contributed by atoms with Crippen molar-refractivity contribution in [1.82, 2.24) is 4.57 Å². The van der Waals surface area contributed by atoms with E-state index in [1.54, 1.807) is 0 Å². The van der Waals surface area contributed by atoms with E-state index in [0.717, 1.165) is 18.5 Å². The molecule has 0 bridgehead atoms. The maximum Gasteiger partial charge on any atom is 0.329 e. The van der Waals surface area contributed by atoms with Crippen LogP contribution in [0, 0.1) is 0 Å². The molecule has 1 saturated heterocycles. The van der Waals surface area contributed by atoms with Crippen LogP contribution in [0.3, 0.4) is 0 Å². The van der Waals surface area contributed by atoms with Gasteiger partial charge in [-0.25, -0.2) is 4.79 Å². The van der Waals surface area contributed by atoms with Crippen molar-refractivity contribution in [3.63, 3.8) is 0 Å². The lowest BCUT2D eigenvalue weighted by Crippen LogP contribution is -2.46. The highest BCUT2D eigenvalue weighted by atomic mass is 16.6. The molecule has 2 heterocycles. The van der Waals surface area contributed by atoms with Crippen molar-refractivity contribution in [2.45, 2.75) is 51.3 Å². The molecular weight excluding hydrogens is 254 g/mol. The number of aromatic nitrogens is 1. The third kappa shape index (κ3) is 3.15. The Morgan fingerprint density at radius 2 is 2.15 bits per heavy atom. The molecule has 1 aromatic heterocycles. The van der Waals surface area contributed by atoms with Crippen LogP contribution in [0.25, 0.3) is 0 Å². The van der Waals surface area contributed by atoms with E-state index >= 15 is 0 Å². The lowest BCUT2D eigenvalue weighted by Gasteiger charge is -2.31. The first kappa shape index (κ1) is 14.9. The Morgan fingerprint density at radius 1 is 1.45 bits per heavy atom. The molecule has 1 aliphatic rings. The van der Waals surface area contributed by atoms with Crippen LogP contribution in [-0.4, -0.2) is 34.8 Å². The van der Waals surface area contributed by atoms with Gasteiger partial charge in [0, 0.05) is 32.0 Å². The molecule has 112 valence electrons. The summed E-state index contributed by atoms with van der Waals surface area (Å²) in [7, 11) is 1.97. The molecule has 0 amide bonds. The summed E-state index contributed by atoms with van der Waals surface area (Å²) in [5, 5.41) is 0. The number of nitrogens with two attached hydrogens (primary N) is 1. The molecule has 2 rings (SSSR count). The van der Waals surface area contributed by atoms with Gasteiger partial charge in [-0.3, -0.25) is 0 Å². The molecule has 1 fully saturated rings. The van der Waals surface area contributed by atoms with E-state index in [9.17, 15) is 4.79 Å². The van der Waals surface area contributed by atoms with Crippen molar-refractivity contribution in [3.05, 3.63) is 18.5 Å². The Morgan fingerprint density at radius 3 is 2.65 bits per heavy atom. The van der Waals surface area contributed by atoms with E-state index in [0.29, 0.717) is 6.54 Å². The first-order valence-electron chi connectivity index (χ1n) is 7.15. The molecule has 1 aliphatic heterocycles. The van der Waals surface area contributed by atoms with Gasteiger partial charge in [-0.1, -0.05) is 0 Å². The Kier molecular flexibility index (Phi) is 4.09. The topological polar surface area (TPSA) is 60.5 Å². The van der Waals surface area contributed by atoms with Crippen molar-refractivity contribution >= 4 is 11.7 Å². The number of carbonyl (C=O) groups excluding carboxylic acids is 1. The summed E-state index contributed by atoms with van der Waals surface area (Å²) in [6, 6.07) is 1.99. The fourth-order valence-electron chi connectivity index (χ4n) is 2.75. The predicted molar refractivity (Wildman–Crippen MR) is 79.6 cm³/mol. The van der Waals surface area contributed by atoms with Gasteiger partial charge in [0.1, 0.15) is 11.6 Å². The zero-order valence-electron chi connectivity index (χ0n) is 12.8. The summed E-state index contributed by atoms with van der Waals surface area (Å²) in [6.07, 6.45) is 5.72. The van der Waals surface area contributed by atoms with Crippen LogP contribution >= 0.6 is 0 Å². The van der Waals surface area contributed by atoms with Gasteiger partial charge < -0.3 is 19.9 Å². The molecule has 0 unspecified atom stereocenters. The van der Waals surface area contributed by atoms with E-state index in [1.807, 2.05) is 50.8 Å². The van der Waals surface area contributed by atoms with Crippen LogP contribution in [0.4, 0.5) is 5.69 Å². The maximum absolute atomic E-state index is 12.4. The van der Waals surface area contributed by atoms with E-state index in [1.165, 1.54) is 0 Å². The summed E-state index contributed by atoms with van der Waals surface area (Å²) in [4.78, 5) is 14.5. The smallest absolute Gasteiger partial charge is 0.329 e. The standard InChI is InChI=1S/C15H25N3O2/c1-15(2,3)20-14(19)13-6-5-11(9-16)18(13)12-7-8-17(4)10-12/h7-8,10-11,13H,5-6,9,16H2,1-4H3/t11-,13-/m1/s1. The number of hydrogen-bond acceptors (Lipinski definition) is 4. The van der Waals surface area contributed by atoms with Crippen LogP contribution in [0.15, 0.2) is 18.5 Å². The molecule has 2 atom stereocenters. The lowest BCUT2D eigenvalue weighted by atomic mass is 10.1. The minimum Gasteiger partial charge on any atom is -0.458 e. The average Bonchev–Trinajstić information content (AvgIpc) is 2.91. The van der Waals surface area contributed by atoms with E-state index < -0.39 is 5.60 Å². The van der Waals surface area contributed by atoms with Gasteiger partial charge >= 0.3 is 5.97 Å². The molecule has 0 spiro atoms. The number of aryl methyl sites for hydroxylation is 1. The van der Waals surface area contributed by atoms with Gasteiger partial charge in [-0.2, -0.15) is 0 Å². The number of nitrogens with zero attached hydrogens (tertiary/aromatic N) is 2. The highest BCUT2D eigenvalue weighted by Crippen LogP contribution is 2.31. The molecule has 2 N–H and O–H groups in total. The molecule has 5 nitrogen and oxygen atoms in total. The summed E-state index contributed by atoms with van der Waals surface area (Å²) >= 11 is 0. The normalized spacial score (nSPS) is 23.1. The van der Waals surface area contributed by atoms with Crippen molar-refractivity contribution in [3.8, 4) is 0 Å². The first-order valence-corrected chi connectivity index (χ1v) is 7.15. The summed E-state index contributed by atoms with van der Waals surface area (Å²) in [5.41, 5.74) is 6.44.